The standard InChI is InChI=1S/C13H17N3/c1-4-16-8-15-12(13(16)14)11-6-9(2)5-10(3)7-11/h5-8H,4,14H2,1-3H3. The summed E-state index contributed by atoms with van der Waals surface area (Å²) in [5.41, 5.74) is 10.5. The van der Waals surface area contributed by atoms with Crippen LogP contribution in [0.25, 0.3) is 11.3 Å². The highest BCUT2D eigenvalue weighted by Gasteiger charge is 2.09. The van der Waals surface area contributed by atoms with Gasteiger partial charge in [-0.3, -0.25) is 0 Å². The Bertz CT molecular complexity index is 492. The molecule has 1 heterocycles. The Morgan fingerprint density at radius 3 is 2.31 bits per heavy atom. The minimum absolute atomic E-state index is 0.743. The summed E-state index contributed by atoms with van der Waals surface area (Å²) in [7, 11) is 0. The Kier molecular flexibility index (Phi) is 2.69. The molecule has 0 fully saturated rings. The molecule has 0 aliphatic rings. The van der Waals surface area contributed by atoms with E-state index in [1.54, 1.807) is 6.33 Å². The van der Waals surface area contributed by atoms with E-state index in [0.717, 1.165) is 23.6 Å². The number of aryl methyl sites for hydroxylation is 3. The SMILES string of the molecule is CCn1cnc(-c2cc(C)cc(C)c2)c1N. The number of hydrogen-bond donors (Lipinski definition) is 1. The minimum atomic E-state index is 0.743. The topological polar surface area (TPSA) is 43.8 Å². The lowest BCUT2D eigenvalue weighted by atomic mass is 10.1. The smallest absolute Gasteiger partial charge is 0.131 e. The molecular formula is C13H17N3. The molecule has 1 aromatic carbocycles. The summed E-state index contributed by atoms with van der Waals surface area (Å²) in [6, 6.07) is 6.38. The Labute approximate surface area is 95.9 Å². The summed E-state index contributed by atoms with van der Waals surface area (Å²) >= 11 is 0. The second-order valence-corrected chi connectivity index (χ2v) is 4.14. The van der Waals surface area contributed by atoms with Gasteiger partial charge in [-0.25, -0.2) is 4.98 Å². The van der Waals surface area contributed by atoms with Gasteiger partial charge in [0.25, 0.3) is 0 Å². The normalized spacial score (nSPS) is 10.7. The quantitative estimate of drug-likeness (QED) is 0.837. The molecule has 0 bridgehead atoms. The van der Waals surface area contributed by atoms with E-state index in [2.05, 4.69) is 44.0 Å². The fourth-order valence-corrected chi connectivity index (χ4v) is 1.98. The van der Waals surface area contributed by atoms with Crippen LogP contribution in [0.15, 0.2) is 24.5 Å². The van der Waals surface area contributed by atoms with Gasteiger partial charge in [-0.15, -0.1) is 0 Å². The van der Waals surface area contributed by atoms with Gasteiger partial charge in [-0.1, -0.05) is 17.2 Å². The first kappa shape index (κ1) is 10.7. The number of nitrogen functional groups attached to an aromatic ring is 1. The van der Waals surface area contributed by atoms with Crippen LogP contribution < -0.4 is 5.73 Å². The van der Waals surface area contributed by atoms with Gasteiger partial charge >= 0.3 is 0 Å². The molecule has 2 N–H and O–H groups in total. The van der Waals surface area contributed by atoms with E-state index in [0.29, 0.717) is 0 Å². The van der Waals surface area contributed by atoms with Crippen LogP contribution in [0.2, 0.25) is 0 Å². The number of benzene rings is 1. The van der Waals surface area contributed by atoms with Gasteiger partial charge in [0.2, 0.25) is 0 Å². The number of aromatic nitrogens is 2. The molecule has 16 heavy (non-hydrogen) atoms. The first-order valence-electron chi connectivity index (χ1n) is 5.51. The van der Waals surface area contributed by atoms with Crippen LogP contribution in [0.4, 0.5) is 5.82 Å². The molecule has 0 radical (unpaired) electrons. The van der Waals surface area contributed by atoms with Crippen molar-refractivity contribution in [2.45, 2.75) is 27.3 Å². The van der Waals surface area contributed by atoms with Crippen LogP contribution in [-0.2, 0) is 6.54 Å². The number of hydrogen-bond acceptors (Lipinski definition) is 2. The van der Waals surface area contributed by atoms with Crippen LogP contribution in [0.3, 0.4) is 0 Å². The predicted octanol–water partition coefficient (Wildman–Crippen LogP) is 2.77. The molecule has 3 heteroatoms. The lowest BCUT2D eigenvalue weighted by Gasteiger charge is -2.05. The van der Waals surface area contributed by atoms with E-state index in [1.807, 2.05) is 4.57 Å². The summed E-state index contributed by atoms with van der Waals surface area (Å²) < 4.78 is 1.95. The summed E-state index contributed by atoms with van der Waals surface area (Å²) in [6.07, 6.45) is 1.79. The number of imidazole rings is 1. The molecule has 0 spiro atoms. The van der Waals surface area contributed by atoms with Crippen LogP contribution in [0.1, 0.15) is 18.1 Å². The molecule has 2 rings (SSSR count). The van der Waals surface area contributed by atoms with E-state index in [1.165, 1.54) is 11.1 Å². The number of rotatable bonds is 2. The molecule has 84 valence electrons. The molecule has 0 atom stereocenters. The predicted molar refractivity (Wildman–Crippen MR) is 67.2 cm³/mol. The molecule has 3 nitrogen and oxygen atoms in total. The zero-order valence-corrected chi connectivity index (χ0v) is 9.99. The number of anilines is 1. The lowest BCUT2D eigenvalue weighted by Crippen LogP contribution is -1.99. The average molecular weight is 215 g/mol. The van der Waals surface area contributed by atoms with E-state index < -0.39 is 0 Å². The summed E-state index contributed by atoms with van der Waals surface area (Å²) in [6.45, 7) is 7.08. The van der Waals surface area contributed by atoms with Crippen molar-refractivity contribution >= 4 is 5.82 Å². The Morgan fingerprint density at radius 1 is 1.19 bits per heavy atom. The zero-order chi connectivity index (χ0) is 11.7. The average Bonchev–Trinajstić information content (AvgIpc) is 2.58. The number of nitrogens with two attached hydrogens (primary N) is 1. The molecule has 0 amide bonds. The van der Waals surface area contributed by atoms with Gasteiger partial charge in [0, 0.05) is 12.1 Å². The van der Waals surface area contributed by atoms with Crippen molar-refractivity contribution in [2.24, 2.45) is 0 Å². The van der Waals surface area contributed by atoms with E-state index in [-0.39, 0.29) is 0 Å². The largest absolute Gasteiger partial charge is 0.383 e. The first-order valence-corrected chi connectivity index (χ1v) is 5.51. The van der Waals surface area contributed by atoms with Crippen LogP contribution in [0.5, 0.6) is 0 Å². The van der Waals surface area contributed by atoms with Gasteiger partial charge in [0.05, 0.1) is 6.33 Å². The van der Waals surface area contributed by atoms with Crippen molar-refractivity contribution < 1.29 is 0 Å². The van der Waals surface area contributed by atoms with E-state index in [9.17, 15) is 0 Å². The molecule has 0 aliphatic carbocycles. The van der Waals surface area contributed by atoms with E-state index in [4.69, 9.17) is 5.73 Å². The third-order valence-corrected chi connectivity index (χ3v) is 2.71. The van der Waals surface area contributed by atoms with Crippen molar-refractivity contribution in [3.8, 4) is 11.3 Å². The van der Waals surface area contributed by atoms with Gasteiger partial charge in [0.15, 0.2) is 0 Å². The fraction of sp³-hybridized carbons (Fsp3) is 0.308. The summed E-state index contributed by atoms with van der Waals surface area (Å²) in [5.74, 6) is 0.743. The van der Waals surface area contributed by atoms with Crippen molar-refractivity contribution in [1.82, 2.24) is 9.55 Å². The highest BCUT2D eigenvalue weighted by atomic mass is 15.1. The third kappa shape index (κ3) is 1.81. The van der Waals surface area contributed by atoms with Crippen molar-refractivity contribution in [3.05, 3.63) is 35.7 Å². The fourth-order valence-electron chi connectivity index (χ4n) is 1.98. The Balaban J connectivity index is 2.54. The Hall–Kier alpha value is -1.77. The third-order valence-electron chi connectivity index (χ3n) is 2.71. The van der Waals surface area contributed by atoms with Gasteiger partial charge in [-0.05, 0) is 32.9 Å². The molecular weight excluding hydrogens is 198 g/mol. The molecule has 1 aromatic heterocycles. The molecule has 0 unspecified atom stereocenters. The maximum absolute atomic E-state index is 6.05. The maximum Gasteiger partial charge on any atom is 0.131 e. The second-order valence-electron chi connectivity index (χ2n) is 4.14. The van der Waals surface area contributed by atoms with Crippen LogP contribution >= 0.6 is 0 Å². The minimum Gasteiger partial charge on any atom is -0.383 e. The van der Waals surface area contributed by atoms with Crippen LogP contribution in [-0.4, -0.2) is 9.55 Å². The van der Waals surface area contributed by atoms with Gasteiger partial charge in [0.1, 0.15) is 11.5 Å². The van der Waals surface area contributed by atoms with Gasteiger partial charge in [-0.2, -0.15) is 0 Å². The zero-order valence-electron chi connectivity index (χ0n) is 9.99. The maximum atomic E-state index is 6.05. The monoisotopic (exact) mass is 215 g/mol. The van der Waals surface area contributed by atoms with Crippen LogP contribution in [0, 0.1) is 13.8 Å². The second kappa shape index (κ2) is 4.00. The molecule has 0 saturated heterocycles. The molecule has 0 saturated carbocycles. The molecule has 2 aromatic rings. The first-order chi connectivity index (χ1) is 7.61. The highest BCUT2D eigenvalue weighted by molar-refractivity contribution is 5.71. The molecule has 0 aliphatic heterocycles. The van der Waals surface area contributed by atoms with E-state index >= 15 is 0 Å². The highest BCUT2D eigenvalue weighted by Crippen LogP contribution is 2.25. The van der Waals surface area contributed by atoms with Crippen molar-refractivity contribution in [2.75, 3.05) is 5.73 Å². The summed E-state index contributed by atoms with van der Waals surface area (Å²) in [5, 5.41) is 0. The van der Waals surface area contributed by atoms with Crippen molar-refractivity contribution in [1.29, 1.82) is 0 Å². The lowest BCUT2D eigenvalue weighted by molar-refractivity contribution is 0.771. The van der Waals surface area contributed by atoms with Gasteiger partial charge < -0.3 is 10.3 Å². The number of nitrogens with zero attached hydrogens (tertiary/aromatic N) is 2. The summed E-state index contributed by atoms with van der Waals surface area (Å²) in [4.78, 5) is 4.38. The van der Waals surface area contributed by atoms with Crippen molar-refractivity contribution in [3.63, 3.8) is 0 Å². The Morgan fingerprint density at radius 2 is 1.81 bits per heavy atom.